The van der Waals surface area contributed by atoms with E-state index >= 15 is 0 Å². The van der Waals surface area contributed by atoms with Gasteiger partial charge in [0.2, 0.25) is 5.91 Å². The SMILES string of the molecule is Cc1ccc2cc(C(=O)N(C)CC(=O)Nc3cccc(C)c3C)[nH]c2c1. The Morgan fingerprint density at radius 1 is 1.08 bits per heavy atom. The van der Waals surface area contributed by atoms with Crippen LogP contribution in [0.2, 0.25) is 0 Å². The van der Waals surface area contributed by atoms with Gasteiger partial charge in [-0.05, 0) is 55.7 Å². The number of aromatic nitrogens is 1. The molecule has 134 valence electrons. The van der Waals surface area contributed by atoms with Crippen LogP contribution in [0.3, 0.4) is 0 Å². The standard InChI is InChI=1S/C21H23N3O2/c1-13-8-9-16-11-19(22-18(16)10-13)21(26)24(4)12-20(25)23-17-7-5-6-14(2)15(17)3/h5-11,22H,12H2,1-4H3,(H,23,25). The fourth-order valence-electron chi connectivity index (χ4n) is 2.93. The number of aromatic amines is 1. The Morgan fingerprint density at radius 2 is 1.85 bits per heavy atom. The second-order valence-electron chi connectivity index (χ2n) is 6.73. The molecule has 0 fully saturated rings. The lowest BCUT2D eigenvalue weighted by Crippen LogP contribution is -2.35. The van der Waals surface area contributed by atoms with Gasteiger partial charge in [0.05, 0.1) is 6.54 Å². The molecule has 0 saturated heterocycles. The molecule has 3 rings (SSSR count). The highest BCUT2D eigenvalue weighted by Gasteiger charge is 2.17. The van der Waals surface area contributed by atoms with E-state index in [1.807, 2.05) is 63.2 Å². The van der Waals surface area contributed by atoms with Gasteiger partial charge >= 0.3 is 0 Å². The van der Waals surface area contributed by atoms with Gasteiger partial charge in [0.25, 0.3) is 5.91 Å². The third-order valence-electron chi connectivity index (χ3n) is 4.61. The number of likely N-dealkylation sites (N-methyl/N-ethyl adjacent to an activating group) is 1. The summed E-state index contributed by atoms with van der Waals surface area (Å²) in [4.78, 5) is 29.5. The number of aryl methyl sites for hydroxylation is 2. The molecule has 0 aliphatic carbocycles. The minimum atomic E-state index is -0.221. The first-order valence-electron chi connectivity index (χ1n) is 8.56. The van der Waals surface area contributed by atoms with Gasteiger partial charge in [-0.1, -0.05) is 24.3 Å². The van der Waals surface area contributed by atoms with E-state index in [1.165, 1.54) is 4.90 Å². The fourth-order valence-corrected chi connectivity index (χ4v) is 2.93. The zero-order valence-electron chi connectivity index (χ0n) is 15.5. The molecule has 0 bridgehead atoms. The molecule has 0 radical (unpaired) electrons. The summed E-state index contributed by atoms with van der Waals surface area (Å²) in [6.07, 6.45) is 0. The first-order valence-corrected chi connectivity index (χ1v) is 8.56. The molecule has 0 unspecified atom stereocenters. The fraction of sp³-hybridized carbons (Fsp3) is 0.238. The molecule has 1 heterocycles. The Balaban J connectivity index is 1.69. The summed E-state index contributed by atoms with van der Waals surface area (Å²) in [6, 6.07) is 13.6. The number of nitrogens with one attached hydrogen (secondary N) is 2. The van der Waals surface area contributed by atoms with Crippen molar-refractivity contribution in [1.29, 1.82) is 0 Å². The van der Waals surface area contributed by atoms with E-state index in [1.54, 1.807) is 7.05 Å². The number of anilines is 1. The number of carbonyl (C=O) groups is 2. The molecular weight excluding hydrogens is 326 g/mol. The lowest BCUT2D eigenvalue weighted by atomic mass is 10.1. The second-order valence-corrected chi connectivity index (χ2v) is 6.73. The smallest absolute Gasteiger partial charge is 0.270 e. The number of hydrogen-bond donors (Lipinski definition) is 2. The maximum Gasteiger partial charge on any atom is 0.270 e. The Labute approximate surface area is 153 Å². The van der Waals surface area contributed by atoms with Gasteiger partial charge in [-0.15, -0.1) is 0 Å². The van der Waals surface area contributed by atoms with Crippen molar-refractivity contribution in [3.05, 3.63) is 64.8 Å². The predicted molar refractivity (Wildman–Crippen MR) is 105 cm³/mol. The van der Waals surface area contributed by atoms with Crippen LogP contribution in [0.25, 0.3) is 10.9 Å². The number of hydrogen-bond acceptors (Lipinski definition) is 2. The van der Waals surface area contributed by atoms with Crippen LogP contribution in [0.4, 0.5) is 5.69 Å². The van der Waals surface area contributed by atoms with E-state index in [0.717, 1.165) is 33.3 Å². The van der Waals surface area contributed by atoms with Crippen LogP contribution in [-0.2, 0) is 4.79 Å². The summed E-state index contributed by atoms with van der Waals surface area (Å²) in [5.74, 6) is -0.434. The summed E-state index contributed by atoms with van der Waals surface area (Å²) in [5.41, 5.74) is 5.44. The molecule has 2 aromatic carbocycles. The van der Waals surface area contributed by atoms with Gasteiger partial charge in [0, 0.05) is 23.6 Å². The van der Waals surface area contributed by atoms with Crippen LogP contribution < -0.4 is 5.32 Å². The zero-order chi connectivity index (χ0) is 18.8. The molecule has 1 aromatic heterocycles. The van der Waals surface area contributed by atoms with Gasteiger partial charge < -0.3 is 15.2 Å². The third-order valence-corrected chi connectivity index (χ3v) is 4.61. The molecule has 26 heavy (non-hydrogen) atoms. The van der Waals surface area contributed by atoms with E-state index in [9.17, 15) is 9.59 Å². The zero-order valence-corrected chi connectivity index (χ0v) is 15.5. The highest BCUT2D eigenvalue weighted by Crippen LogP contribution is 2.19. The Morgan fingerprint density at radius 3 is 2.62 bits per heavy atom. The van der Waals surface area contributed by atoms with Gasteiger partial charge in [-0.25, -0.2) is 0 Å². The highest BCUT2D eigenvalue weighted by molar-refractivity contribution is 6.01. The van der Waals surface area contributed by atoms with Crippen molar-refractivity contribution >= 4 is 28.4 Å². The van der Waals surface area contributed by atoms with Crippen LogP contribution in [-0.4, -0.2) is 35.3 Å². The molecule has 2 amide bonds. The molecule has 0 saturated carbocycles. The number of amides is 2. The molecular formula is C21H23N3O2. The van der Waals surface area contributed by atoms with Crippen LogP contribution in [0.1, 0.15) is 27.2 Å². The van der Waals surface area contributed by atoms with Gasteiger partial charge in [-0.3, -0.25) is 9.59 Å². The average molecular weight is 349 g/mol. The van der Waals surface area contributed by atoms with Crippen molar-refractivity contribution in [3.8, 4) is 0 Å². The van der Waals surface area contributed by atoms with Crippen molar-refractivity contribution in [2.45, 2.75) is 20.8 Å². The molecule has 0 atom stereocenters. The number of H-pyrrole nitrogens is 1. The van der Waals surface area contributed by atoms with Crippen molar-refractivity contribution in [3.63, 3.8) is 0 Å². The van der Waals surface area contributed by atoms with Crippen LogP contribution >= 0.6 is 0 Å². The quantitative estimate of drug-likeness (QED) is 0.752. The highest BCUT2D eigenvalue weighted by atomic mass is 16.2. The predicted octanol–water partition coefficient (Wildman–Crippen LogP) is 3.80. The molecule has 2 N–H and O–H groups in total. The summed E-state index contributed by atoms with van der Waals surface area (Å²) >= 11 is 0. The van der Waals surface area contributed by atoms with Crippen molar-refractivity contribution < 1.29 is 9.59 Å². The van der Waals surface area contributed by atoms with Crippen LogP contribution in [0.5, 0.6) is 0 Å². The number of rotatable bonds is 4. The van der Waals surface area contributed by atoms with E-state index in [2.05, 4.69) is 10.3 Å². The topological polar surface area (TPSA) is 65.2 Å². The van der Waals surface area contributed by atoms with E-state index < -0.39 is 0 Å². The summed E-state index contributed by atoms with van der Waals surface area (Å²) in [7, 11) is 1.63. The first kappa shape index (κ1) is 17.7. The number of nitrogens with zero attached hydrogens (tertiary/aromatic N) is 1. The second kappa shape index (κ2) is 7.04. The molecule has 0 spiro atoms. The minimum Gasteiger partial charge on any atom is -0.351 e. The third kappa shape index (κ3) is 3.61. The van der Waals surface area contributed by atoms with Crippen LogP contribution in [0.15, 0.2) is 42.5 Å². The minimum absolute atomic E-state index is 0.0133. The molecule has 0 aliphatic rings. The van der Waals surface area contributed by atoms with E-state index in [-0.39, 0.29) is 18.4 Å². The number of benzene rings is 2. The summed E-state index contributed by atoms with van der Waals surface area (Å²) < 4.78 is 0. The number of fused-ring (bicyclic) bond motifs is 1. The maximum absolute atomic E-state index is 12.6. The van der Waals surface area contributed by atoms with Crippen molar-refractivity contribution in [1.82, 2.24) is 9.88 Å². The average Bonchev–Trinajstić information content (AvgIpc) is 3.01. The molecule has 3 aromatic rings. The van der Waals surface area contributed by atoms with Gasteiger partial charge in [-0.2, -0.15) is 0 Å². The Kier molecular flexibility index (Phi) is 4.80. The monoisotopic (exact) mass is 349 g/mol. The molecule has 5 nitrogen and oxygen atoms in total. The van der Waals surface area contributed by atoms with Crippen LogP contribution in [0, 0.1) is 20.8 Å². The Hall–Kier alpha value is -3.08. The lowest BCUT2D eigenvalue weighted by Gasteiger charge is -2.17. The maximum atomic E-state index is 12.6. The first-order chi connectivity index (χ1) is 12.3. The summed E-state index contributed by atoms with van der Waals surface area (Å²) in [6.45, 7) is 5.96. The lowest BCUT2D eigenvalue weighted by molar-refractivity contribution is -0.116. The normalized spacial score (nSPS) is 10.8. The Bertz CT molecular complexity index is 988. The molecule has 5 heteroatoms. The van der Waals surface area contributed by atoms with E-state index in [4.69, 9.17) is 0 Å². The summed E-state index contributed by atoms with van der Waals surface area (Å²) in [5, 5.41) is 3.86. The van der Waals surface area contributed by atoms with E-state index in [0.29, 0.717) is 5.69 Å². The largest absolute Gasteiger partial charge is 0.351 e. The number of carbonyl (C=O) groups excluding carboxylic acids is 2. The van der Waals surface area contributed by atoms with Gasteiger partial charge in [0.15, 0.2) is 0 Å². The van der Waals surface area contributed by atoms with Crippen molar-refractivity contribution in [2.75, 3.05) is 18.9 Å². The molecule has 0 aliphatic heterocycles. The van der Waals surface area contributed by atoms with Gasteiger partial charge in [0.1, 0.15) is 5.69 Å². The van der Waals surface area contributed by atoms with Crippen molar-refractivity contribution in [2.24, 2.45) is 0 Å².